The van der Waals surface area contributed by atoms with Crippen LogP contribution < -0.4 is 0 Å². The largest absolute Gasteiger partial charge is 0.455 e. The quantitative estimate of drug-likeness (QED) is 0.584. The Kier molecular flexibility index (Phi) is 1.85. The highest BCUT2D eigenvalue weighted by Crippen LogP contribution is 2.24. The van der Waals surface area contributed by atoms with Crippen LogP contribution in [0.3, 0.4) is 0 Å². The third kappa shape index (κ3) is 1.42. The second-order valence-electron chi connectivity index (χ2n) is 2.52. The first-order valence-electron chi connectivity index (χ1n) is 3.19. The molecule has 0 aromatic carbocycles. The minimum Gasteiger partial charge on any atom is -0.455 e. The molecule has 0 amide bonds. The molecule has 0 aromatic heterocycles. The van der Waals surface area contributed by atoms with Gasteiger partial charge in [0.1, 0.15) is 18.6 Å². The molecule has 0 bridgehead atoms. The third-order valence-electron chi connectivity index (χ3n) is 1.26. The molecule has 0 radical (unpaired) electrons. The van der Waals surface area contributed by atoms with Crippen LogP contribution in [0.2, 0.25) is 0 Å². The van der Waals surface area contributed by atoms with Crippen molar-refractivity contribution in [2.75, 3.05) is 13.7 Å². The Balaban J connectivity index is 2.44. The van der Waals surface area contributed by atoms with Gasteiger partial charge >= 0.3 is 0 Å². The summed E-state index contributed by atoms with van der Waals surface area (Å²) in [4.78, 5) is 0. The second-order valence-corrected chi connectivity index (χ2v) is 2.52. The van der Waals surface area contributed by atoms with E-state index in [0.717, 1.165) is 5.76 Å². The maximum absolute atomic E-state index is 5.30. The maximum Gasteiger partial charge on any atom is 0.270 e. The lowest BCUT2D eigenvalue weighted by Gasteiger charge is -2.22. The zero-order chi connectivity index (χ0) is 7.61. The topological polar surface area (TPSA) is 27.7 Å². The van der Waals surface area contributed by atoms with Crippen LogP contribution in [0.5, 0.6) is 0 Å². The molecule has 0 spiro atoms. The predicted molar refractivity (Wildman–Crippen MR) is 36.2 cm³/mol. The van der Waals surface area contributed by atoms with Gasteiger partial charge in [-0.25, -0.2) is 0 Å². The first kappa shape index (κ1) is 7.41. The Morgan fingerprint density at radius 2 is 2.40 bits per heavy atom. The summed E-state index contributed by atoms with van der Waals surface area (Å²) >= 11 is 0. The minimum absolute atomic E-state index is 0.445. The molecule has 3 heteroatoms. The molecule has 58 valence electrons. The summed E-state index contributed by atoms with van der Waals surface area (Å²) in [6.07, 6.45) is 1.60. The Hall–Kier alpha value is -0.700. The third-order valence-corrected chi connectivity index (χ3v) is 1.26. The highest BCUT2D eigenvalue weighted by atomic mass is 16.7. The van der Waals surface area contributed by atoms with E-state index in [9.17, 15) is 0 Å². The predicted octanol–water partition coefficient (Wildman–Crippen LogP) is 1.26. The highest BCUT2D eigenvalue weighted by Gasteiger charge is 2.31. The average molecular weight is 144 g/mol. The molecule has 1 aliphatic rings. The summed E-state index contributed by atoms with van der Waals surface area (Å²) < 4.78 is 15.4. The van der Waals surface area contributed by atoms with E-state index in [1.165, 1.54) is 0 Å². The molecule has 1 aliphatic heterocycles. The normalized spacial score (nSPS) is 30.9. The summed E-state index contributed by atoms with van der Waals surface area (Å²) in [7, 11) is 1.62. The van der Waals surface area contributed by atoms with E-state index in [1.807, 2.05) is 13.8 Å². The van der Waals surface area contributed by atoms with Crippen LogP contribution in [0, 0.1) is 0 Å². The fourth-order valence-electron chi connectivity index (χ4n) is 0.922. The van der Waals surface area contributed by atoms with Gasteiger partial charge in [-0.2, -0.15) is 0 Å². The Morgan fingerprint density at radius 3 is 2.80 bits per heavy atom. The van der Waals surface area contributed by atoms with Crippen molar-refractivity contribution in [3.05, 3.63) is 12.0 Å². The van der Waals surface area contributed by atoms with Crippen molar-refractivity contribution in [1.29, 1.82) is 0 Å². The fourth-order valence-corrected chi connectivity index (χ4v) is 0.922. The van der Waals surface area contributed by atoms with Crippen molar-refractivity contribution < 1.29 is 14.2 Å². The van der Waals surface area contributed by atoms with Crippen LogP contribution in [-0.4, -0.2) is 19.5 Å². The smallest absolute Gasteiger partial charge is 0.270 e. The maximum atomic E-state index is 5.30. The molecule has 10 heavy (non-hydrogen) atoms. The number of methoxy groups -OCH3 is 1. The van der Waals surface area contributed by atoms with Crippen LogP contribution >= 0.6 is 0 Å². The summed E-state index contributed by atoms with van der Waals surface area (Å²) in [5, 5.41) is 0. The van der Waals surface area contributed by atoms with E-state index in [1.54, 1.807) is 13.4 Å². The minimum atomic E-state index is -0.598. The molecule has 1 atom stereocenters. The molecule has 1 unspecified atom stereocenters. The van der Waals surface area contributed by atoms with E-state index in [0.29, 0.717) is 6.61 Å². The van der Waals surface area contributed by atoms with Crippen LogP contribution in [0.15, 0.2) is 12.0 Å². The summed E-state index contributed by atoms with van der Waals surface area (Å²) in [6.45, 7) is 4.13. The van der Waals surface area contributed by atoms with Crippen molar-refractivity contribution in [3.8, 4) is 0 Å². The number of hydrogen-bond donors (Lipinski definition) is 0. The van der Waals surface area contributed by atoms with Gasteiger partial charge in [0, 0.05) is 14.0 Å². The standard InChI is InChI=1S/C7H12O3/c1-6-4-9-7(2,10-6)5-8-3/h4H,5H2,1-3H3. The zero-order valence-corrected chi connectivity index (χ0v) is 6.51. The van der Waals surface area contributed by atoms with Gasteiger partial charge in [-0.05, 0) is 6.92 Å². The molecular formula is C7H12O3. The van der Waals surface area contributed by atoms with Crippen molar-refractivity contribution in [1.82, 2.24) is 0 Å². The molecule has 0 fully saturated rings. The average Bonchev–Trinajstić information content (AvgIpc) is 2.12. The molecule has 3 nitrogen and oxygen atoms in total. The fraction of sp³-hybridized carbons (Fsp3) is 0.714. The lowest BCUT2D eigenvalue weighted by atomic mass is 10.3. The van der Waals surface area contributed by atoms with Gasteiger partial charge in [0.25, 0.3) is 5.79 Å². The van der Waals surface area contributed by atoms with Gasteiger partial charge in [0.2, 0.25) is 0 Å². The van der Waals surface area contributed by atoms with Crippen molar-refractivity contribution in [2.24, 2.45) is 0 Å². The first-order valence-corrected chi connectivity index (χ1v) is 3.19. The summed E-state index contributed by atoms with van der Waals surface area (Å²) in [5.41, 5.74) is 0. The summed E-state index contributed by atoms with van der Waals surface area (Å²) in [6, 6.07) is 0. The Morgan fingerprint density at radius 1 is 1.70 bits per heavy atom. The van der Waals surface area contributed by atoms with Gasteiger partial charge in [-0.1, -0.05) is 0 Å². The van der Waals surface area contributed by atoms with E-state index >= 15 is 0 Å². The van der Waals surface area contributed by atoms with Gasteiger partial charge in [0.15, 0.2) is 0 Å². The van der Waals surface area contributed by atoms with Crippen molar-refractivity contribution in [3.63, 3.8) is 0 Å². The number of allylic oxidation sites excluding steroid dienone is 1. The monoisotopic (exact) mass is 144 g/mol. The molecule has 0 saturated heterocycles. The molecule has 1 rings (SSSR count). The van der Waals surface area contributed by atoms with Crippen LogP contribution in [0.1, 0.15) is 13.8 Å². The number of hydrogen-bond acceptors (Lipinski definition) is 3. The van der Waals surface area contributed by atoms with E-state index in [4.69, 9.17) is 14.2 Å². The SMILES string of the molecule is COCC1(C)OC=C(C)O1. The van der Waals surface area contributed by atoms with E-state index in [-0.39, 0.29) is 0 Å². The van der Waals surface area contributed by atoms with Crippen molar-refractivity contribution in [2.45, 2.75) is 19.6 Å². The molecule has 0 aromatic rings. The lowest BCUT2D eigenvalue weighted by molar-refractivity contribution is -0.166. The Labute approximate surface area is 60.6 Å². The molecule has 1 heterocycles. The molecular weight excluding hydrogens is 132 g/mol. The van der Waals surface area contributed by atoms with Gasteiger partial charge in [-0.3, -0.25) is 0 Å². The highest BCUT2D eigenvalue weighted by molar-refractivity contribution is 4.91. The first-order chi connectivity index (χ1) is 4.66. The van der Waals surface area contributed by atoms with E-state index in [2.05, 4.69) is 0 Å². The van der Waals surface area contributed by atoms with E-state index < -0.39 is 5.79 Å². The van der Waals surface area contributed by atoms with Crippen LogP contribution in [0.4, 0.5) is 0 Å². The zero-order valence-electron chi connectivity index (χ0n) is 6.51. The second kappa shape index (κ2) is 2.50. The van der Waals surface area contributed by atoms with Gasteiger partial charge in [-0.15, -0.1) is 0 Å². The van der Waals surface area contributed by atoms with Crippen LogP contribution in [-0.2, 0) is 14.2 Å². The lowest BCUT2D eigenvalue weighted by Crippen LogP contribution is -2.31. The molecule has 0 saturated carbocycles. The van der Waals surface area contributed by atoms with Crippen LogP contribution in [0.25, 0.3) is 0 Å². The van der Waals surface area contributed by atoms with Gasteiger partial charge in [0.05, 0.1) is 0 Å². The van der Waals surface area contributed by atoms with Gasteiger partial charge < -0.3 is 14.2 Å². The summed E-state index contributed by atoms with van der Waals surface area (Å²) in [5.74, 6) is 0.193. The molecule has 0 aliphatic carbocycles. The molecule has 0 N–H and O–H groups in total. The number of ether oxygens (including phenoxy) is 3. The van der Waals surface area contributed by atoms with Crippen molar-refractivity contribution >= 4 is 0 Å². The number of rotatable bonds is 2. The Bertz CT molecular complexity index is 153.